The quantitative estimate of drug-likeness (QED) is 0.103. The molecule has 5 N–H and O–H groups in total. The predicted molar refractivity (Wildman–Crippen MR) is 172 cm³/mol. The summed E-state index contributed by atoms with van der Waals surface area (Å²) in [5, 5.41) is 53.6. The molecule has 236 valence electrons. The Balaban J connectivity index is 1.80. The lowest BCUT2D eigenvalue weighted by atomic mass is 10.1. The van der Waals surface area contributed by atoms with E-state index in [4.69, 9.17) is 9.84 Å². The van der Waals surface area contributed by atoms with Gasteiger partial charge in [-0.1, -0.05) is 18.2 Å². The minimum Gasteiger partial charge on any atom is -0.394 e. The van der Waals surface area contributed by atoms with Crippen LogP contribution in [0.2, 0.25) is 0 Å². The number of pyridine rings is 1. The van der Waals surface area contributed by atoms with E-state index in [-0.39, 0.29) is 13.2 Å². The highest BCUT2D eigenvalue weighted by Crippen LogP contribution is 2.36. The second kappa shape index (κ2) is 18.1. The van der Waals surface area contributed by atoms with Gasteiger partial charge in [0.1, 0.15) is 17.6 Å². The van der Waals surface area contributed by atoms with Crippen LogP contribution in [0.25, 0.3) is 0 Å². The Kier molecular flexibility index (Phi) is 14.3. The number of aliphatic hydroxyl groups is 3. The van der Waals surface area contributed by atoms with Crippen LogP contribution in [0.5, 0.6) is 0 Å². The van der Waals surface area contributed by atoms with E-state index < -0.39 is 23.0 Å². The van der Waals surface area contributed by atoms with Crippen molar-refractivity contribution in [1.82, 2.24) is 9.88 Å². The molecule has 44 heavy (non-hydrogen) atoms. The summed E-state index contributed by atoms with van der Waals surface area (Å²) in [6.45, 7) is 7.27. The van der Waals surface area contributed by atoms with Gasteiger partial charge >= 0.3 is 0 Å². The Bertz CT molecular complexity index is 1400. The summed E-state index contributed by atoms with van der Waals surface area (Å²) >= 11 is 0. The number of benzene rings is 2. The van der Waals surface area contributed by atoms with Gasteiger partial charge in [0, 0.05) is 48.1 Å². The van der Waals surface area contributed by atoms with Gasteiger partial charge in [-0.25, -0.2) is 4.98 Å². The molecule has 0 saturated heterocycles. The molecule has 1 aromatic heterocycles. The van der Waals surface area contributed by atoms with E-state index in [1.807, 2.05) is 35.2 Å². The van der Waals surface area contributed by atoms with Crippen molar-refractivity contribution in [1.29, 1.82) is 5.26 Å². The number of azo groups is 1. The van der Waals surface area contributed by atoms with Crippen LogP contribution in [-0.4, -0.2) is 93.4 Å². The van der Waals surface area contributed by atoms with E-state index in [1.165, 1.54) is 0 Å². The average molecular weight is 624 g/mol. The highest BCUT2D eigenvalue weighted by atomic mass is 32.2. The second-order valence-electron chi connectivity index (χ2n) is 10.2. The van der Waals surface area contributed by atoms with E-state index in [0.29, 0.717) is 77.6 Å². The molecule has 3 atom stereocenters. The molecule has 3 rings (SSSR count). The van der Waals surface area contributed by atoms with Gasteiger partial charge in [-0.05, 0) is 57.2 Å². The first-order valence-electron chi connectivity index (χ1n) is 14.4. The molecule has 0 fully saturated rings. The highest BCUT2D eigenvalue weighted by Gasteiger charge is 2.18. The third-order valence-corrected chi connectivity index (χ3v) is 7.69. The standard InChI is InChI=1S/C31H41N7O5S/c1-22(40)20-38(21-23(2)41)14-18-44(42)27-11-9-26(10-12-27)36-37-29-24(3)28(19-32)30(33-13-16-43-17-15-39)35-31(29)34-25-7-5-4-6-8-25/h4-12,22-23,39-41H,13-18,20-21H2,1-3H3,(H2,33,34,35). The molecule has 13 heteroatoms. The maximum absolute atomic E-state index is 12.9. The third-order valence-electron chi connectivity index (χ3n) is 6.34. The Morgan fingerprint density at radius 3 is 2.32 bits per heavy atom. The summed E-state index contributed by atoms with van der Waals surface area (Å²) in [7, 11) is -1.29. The second-order valence-corrected chi connectivity index (χ2v) is 11.8. The maximum Gasteiger partial charge on any atom is 0.161 e. The minimum atomic E-state index is -1.29. The summed E-state index contributed by atoms with van der Waals surface area (Å²) in [5.41, 5.74) is 2.62. The van der Waals surface area contributed by atoms with Crippen molar-refractivity contribution in [2.75, 3.05) is 62.4 Å². The fourth-order valence-electron chi connectivity index (χ4n) is 4.34. The van der Waals surface area contributed by atoms with Crippen molar-refractivity contribution in [3.05, 3.63) is 65.7 Å². The van der Waals surface area contributed by atoms with Crippen molar-refractivity contribution in [2.24, 2.45) is 10.2 Å². The summed E-state index contributed by atoms with van der Waals surface area (Å²) in [6.07, 6.45) is -1.11. The topological polar surface area (TPSA) is 176 Å². The zero-order valence-corrected chi connectivity index (χ0v) is 26.1. The smallest absolute Gasteiger partial charge is 0.161 e. The van der Waals surface area contributed by atoms with Gasteiger partial charge in [0.15, 0.2) is 5.82 Å². The van der Waals surface area contributed by atoms with Crippen molar-refractivity contribution in [3.8, 4) is 6.07 Å². The van der Waals surface area contributed by atoms with Crippen LogP contribution in [0.15, 0.2) is 69.7 Å². The van der Waals surface area contributed by atoms with Crippen LogP contribution in [0.1, 0.15) is 25.0 Å². The molecule has 0 saturated carbocycles. The van der Waals surface area contributed by atoms with Gasteiger partial charge < -0.3 is 30.7 Å². The lowest BCUT2D eigenvalue weighted by Crippen LogP contribution is -2.38. The van der Waals surface area contributed by atoms with Gasteiger partial charge in [-0.3, -0.25) is 9.11 Å². The van der Waals surface area contributed by atoms with Gasteiger partial charge in [-0.15, -0.1) is 5.11 Å². The van der Waals surface area contributed by atoms with E-state index in [1.54, 1.807) is 45.0 Å². The Labute approximate surface area is 260 Å². The van der Waals surface area contributed by atoms with E-state index >= 15 is 0 Å². The Morgan fingerprint density at radius 2 is 1.70 bits per heavy atom. The molecular weight excluding hydrogens is 582 g/mol. The van der Waals surface area contributed by atoms with E-state index in [2.05, 4.69) is 31.9 Å². The number of aliphatic hydroxyl groups excluding tert-OH is 3. The predicted octanol–water partition coefficient (Wildman–Crippen LogP) is 4.01. The normalized spacial score (nSPS) is 13.5. The monoisotopic (exact) mass is 623 g/mol. The molecule has 3 unspecified atom stereocenters. The molecule has 2 aromatic carbocycles. The minimum absolute atomic E-state index is 0.0688. The molecule has 0 aliphatic heterocycles. The fourth-order valence-corrected chi connectivity index (χ4v) is 5.44. The average Bonchev–Trinajstić information content (AvgIpc) is 2.99. The third kappa shape index (κ3) is 11.1. The van der Waals surface area contributed by atoms with Gasteiger partial charge in [0.2, 0.25) is 0 Å². The number of hydrogen-bond donors (Lipinski definition) is 5. The van der Waals surface area contributed by atoms with Crippen LogP contribution in [-0.2, 0) is 15.5 Å². The highest BCUT2D eigenvalue weighted by molar-refractivity contribution is 7.85. The van der Waals surface area contributed by atoms with Crippen LogP contribution in [0, 0.1) is 18.3 Å². The van der Waals surface area contributed by atoms with Crippen LogP contribution in [0.3, 0.4) is 0 Å². The number of nitrogens with zero attached hydrogens (tertiary/aromatic N) is 5. The number of hydrogen-bond acceptors (Lipinski definition) is 12. The largest absolute Gasteiger partial charge is 0.394 e. The molecule has 3 aromatic rings. The molecule has 0 radical (unpaired) electrons. The summed E-state index contributed by atoms with van der Waals surface area (Å²) < 4.78 is 18.2. The number of rotatable bonds is 18. The van der Waals surface area contributed by atoms with Gasteiger partial charge in [-0.2, -0.15) is 10.4 Å². The lowest BCUT2D eigenvalue weighted by Gasteiger charge is -2.24. The SMILES string of the molecule is Cc1c(C#N)c(NCCOCCO)nc(Nc2ccccc2)c1N=Nc1ccc(S(=O)CCN(CC(C)O)CC(C)O)cc1. The Hall–Kier alpha value is -3.77. The number of nitrogens with one attached hydrogen (secondary N) is 2. The van der Waals surface area contributed by atoms with Crippen LogP contribution >= 0.6 is 0 Å². The number of ether oxygens (including phenoxy) is 1. The molecule has 0 bridgehead atoms. The van der Waals surface area contributed by atoms with E-state index in [9.17, 15) is 19.7 Å². The fraction of sp³-hybridized carbons (Fsp3) is 0.419. The number of anilines is 3. The molecule has 0 amide bonds. The summed E-state index contributed by atoms with van der Waals surface area (Å²) in [4.78, 5) is 7.19. The summed E-state index contributed by atoms with van der Waals surface area (Å²) in [6, 6.07) is 18.6. The molecule has 12 nitrogen and oxygen atoms in total. The molecular formula is C31H41N7O5S. The molecule has 0 aliphatic rings. The molecule has 0 spiro atoms. The van der Waals surface area contributed by atoms with Crippen LogP contribution in [0.4, 0.5) is 28.7 Å². The van der Waals surface area contributed by atoms with Gasteiger partial charge in [0.05, 0.1) is 54.1 Å². The zero-order chi connectivity index (χ0) is 31.9. The van der Waals surface area contributed by atoms with Crippen molar-refractivity contribution in [2.45, 2.75) is 37.9 Å². The lowest BCUT2D eigenvalue weighted by molar-refractivity contribution is 0.0874. The Morgan fingerprint density at radius 1 is 1.02 bits per heavy atom. The number of aromatic nitrogens is 1. The van der Waals surface area contributed by atoms with E-state index in [0.717, 1.165) is 5.69 Å². The maximum atomic E-state index is 12.9. The van der Waals surface area contributed by atoms with Crippen molar-refractivity contribution < 1.29 is 24.3 Å². The number of para-hydroxylation sites is 1. The first kappa shape index (κ1) is 34.7. The first-order valence-corrected chi connectivity index (χ1v) is 15.7. The zero-order valence-electron chi connectivity index (χ0n) is 25.3. The van der Waals surface area contributed by atoms with Crippen LogP contribution < -0.4 is 10.6 Å². The number of nitriles is 1. The van der Waals surface area contributed by atoms with Crippen molar-refractivity contribution >= 4 is 39.5 Å². The summed E-state index contributed by atoms with van der Waals surface area (Å²) in [5.74, 6) is 1.14. The molecule has 0 aliphatic carbocycles. The first-order chi connectivity index (χ1) is 21.2. The molecule has 1 heterocycles. The van der Waals surface area contributed by atoms with Crippen molar-refractivity contribution in [3.63, 3.8) is 0 Å². The van der Waals surface area contributed by atoms with Gasteiger partial charge in [0.25, 0.3) is 0 Å².